The first-order valence-corrected chi connectivity index (χ1v) is 9.00. The van der Waals surface area contributed by atoms with Crippen molar-refractivity contribution in [2.75, 3.05) is 7.11 Å². The first-order valence-electron chi connectivity index (χ1n) is 7.38. The van der Waals surface area contributed by atoms with Crippen LogP contribution in [0, 0.1) is 5.82 Å². The van der Waals surface area contributed by atoms with E-state index in [2.05, 4.69) is 0 Å². The minimum Gasteiger partial charge on any atom is -0.535 e. The van der Waals surface area contributed by atoms with Gasteiger partial charge in [0.25, 0.3) is 9.04 Å². The molecule has 2 nitrogen and oxygen atoms in total. The van der Waals surface area contributed by atoms with Gasteiger partial charge in [-0.05, 0) is 22.5 Å². The summed E-state index contributed by atoms with van der Waals surface area (Å²) in [4.78, 5) is 0. The van der Waals surface area contributed by atoms with Crippen molar-refractivity contribution in [3.63, 3.8) is 0 Å². The fraction of sp³-hybridized carbons (Fsp3) is 0.0526. The van der Waals surface area contributed by atoms with Gasteiger partial charge in [0.2, 0.25) is 0 Å². The van der Waals surface area contributed by atoms with Crippen molar-refractivity contribution in [1.82, 2.24) is 0 Å². The Bertz CT molecular complexity index is 723. The van der Waals surface area contributed by atoms with Crippen LogP contribution in [0.2, 0.25) is 0 Å². The second-order valence-corrected chi connectivity index (χ2v) is 7.44. The molecule has 0 aliphatic carbocycles. The molecule has 0 aliphatic heterocycles. The fourth-order valence-electron chi connectivity index (χ4n) is 2.42. The lowest BCUT2D eigenvalue weighted by Crippen LogP contribution is -2.47. The summed E-state index contributed by atoms with van der Waals surface area (Å²) in [7, 11) is -0.496. The van der Waals surface area contributed by atoms with Crippen molar-refractivity contribution < 1.29 is 13.6 Å². The summed E-state index contributed by atoms with van der Waals surface area (Å²) in [6, 6.07) is 24.7. The summed E-state index contributed by atoms with van der Waals surface area (Å²) in [6.07, 6.45) is 0. The maximum Gasteiger partial charge on any atom is 0.299 e. The summed E-state index contributed by atoms with van der Waals surface area (Å²) in [5, 5.41) is 2.21. The zero-order valence-electron chi connectivity index (χ0n) is 12.8. The zero-order chi connectivity index (χ0) is 16.1. The minimum absolute atomic E-state index is 0.259. The predicted octanol–water partition coefficient (Wildman–Crippen LogP) is 2.75. The number of halogens is 1. The molecule has 0 unspecified atom stereocenters. The number of rotatable bonds is 5. The van der Waals surface area contributed by atoms with E-state index in [4.69, 9.17) is 9.16 Å². The number of ether oxygens (including phenoxy) is 1. The van der Waals surface area contributed by atoms with Crippen LogP contribution in [0.25, 0.3) is 0 Å². The summed E-state index contributed by atoms with van der Waals surface area (Å²) in [6.45, 7) is 0. The highest BCUT2D eigenvalue weighted by Crippen LogP contribution is 2.22. The summed E-state index contributed by atoms with van der Waals surface area (Å²) in [5.74, 6) is 0.330. The average molecular weight is 324 g/mol. The Morgan fingerprint density at radius 2 is 1.35 bits per heavy atom. The van der Waals surface area contributed by atoms with E-state index < -0.39 is 14.9 Å². The fourth-order valence-corrected chi connectivity index (χ4v) is 4.66. The summed E-state index contributed by atoms with van der Waals surface area (Å²) >= 11 is 0. The van der Waals surface area contributed by atoms with Crippen molar-refractivity contribution in [1.29, 1.82) is 0 Å². The standard InChI is InChI=1S/C19H17FO2Si/c1-21-15-12-13-19(18(20)14-15)22-23(16-8-4-2-5-9-16)17-10-6-3-7-11-17/h2-14,23H,1H3. The number of hydrogen-bond donors (Lipinski definition) is 0. The maximum absolute atomic E-state index is 14.2. The molecule has 0 bridgehead atoms. The van der Waals surface area contributed by atoms with Gasteiger partial charge in [-0.3, -0.25) is 0 Å². The van der Waals surface area contributed by atoms with Gasteiger partial charge in [-0.25, -0.2) is 4.39 Å². The van der Waals surface area contributed by atoms with Crippen LogP contribution in [0.15, 0.2) is 78.9 Å². The monoisotopic (exact) mass is 324 g/mol. The van der Waals surface area contributed by atoms with Gasteiger partial charge < -0.3 is 9.16 Å². The van der Waals surface area contributed by atoms with Crippen LogP contribution in [0.5, 0.6) is 11.5 Å². The van der Waals surface area contributed by atoms with E-state index in [-0.39, 0.29) is 5.75 Å². The van der Waals surface area contributed by atoms with E-state index in [0.717, 1.165) is 10.4 Å². The van der Waals surface area contributed by atoms with Crippen molar-refractivity contribution >= 4 is 19.4 Å². The van der Waals surface area contributed by atoms with Crippen molar-refractivity contribution in [2.24, 2.45) is 0 Å². The Balaban J connectivity index is 1.97. The second-order valence-electron chi connectivity index (χ2n) is 5.12. The smallest absolute Gasteiger partial charge is 0.299 e. The van der Waals surface area contributed by atoms with Gasteiger partial charge in [0, 0.05) is 6.07 Å². The number of methoxy groups -OCH3 is 1. The molecule has 0 spiro atoms. The third-order valence-electron chi connectivity index (χ3n) is 3.59. The lowest BCUT2D eigenvalue weighted by molar-refractivity contribution is 0.408. The van der Waals surface area contributed by atoms with Crippen LogP contribution in [-0.2, 0) is 0 Å². The van der Waals surface area contributed by atoms with E-state index in [1.54, 1.807) is 12.1 Å². The van der Waals surface area contributed by atoms with Crippen molar-refractivity contribution in [3.8, 4) is 11.5 Å². The minimum atomic E-state index is -2.01. The van der Waals surface area contributed by atoms with Crippen LogP contribution in [0.4, 0.5) is 4.39 Å². The van der Waals surface area contributed by atoms with Crippen LogP contribution in [0.1, 0.15) is 0 Å². The highest BCUT2D eigenvalue weighted by Gasteiger charge is 2.20. The molecule has 0 N–H and O–H groups in total. The normalized spacial score (nSPS) is 10.6. The lowest BCUT2D eigenvalue weighted by Gasteiger charge is -2.19. The van der Waals surface area contributed by atoms with Crippen molar-refractivity contribution in [3.05, 3.63) is 84.7 Å². The molecular formula is C19H17FO2Si. The third-order valence-corrected chi connectivity index (χ3v) is 6.06. The number of hydrogen-bond acceptors (Lipinski definition) is 2. The molecular weight excluding hydrogens is 307 g/mol. The molecule has 4 heteroatoms. The molecule has 0 heterocycles. The van der Waals surface area contributed by atoms with Crippen LogP contribution >= 0.6 is 0 Å². The van der Waals surface area contributed by atoms with E-state index in [1.165, 1.54) is 13.2 Å². The largest absolute Gasteiger partial charge is 0.535 e. The molecule has 0 saturated heterocycles. The lowest BCUT2D eigenvalue weighted by atomic mass is 10.3. The van der Waals surface area contributed by atoms with Crippen LogP contribution < -0.4 is 19.5 Å². The Morgan fingerprint density at radius 1 is 0.783 bits per heavy atom. The van der Waals surface area contributed by atoms with Gasteiger partial charge in [0.1, 0.15) is 11.5 Å². The van der Waals surface area contributed by atoms with E-state index >= 15 is 0 Å². The van der Waals surface area contributed by atoms with Crippen LogP contribution in [0.3, 0.4) is 0 Å². The Kier molecular flexibility index (Phi) is 4.73. The predicted molar refractivity (Wildman–Crippen MR) is 92.9 cm³/mol. The van der Waals surface area contributed by atoms with E-state index in [0.29, 0.717) is 5.75 Å². The average Bonchev–Trinajstić information content (AvgIpc) is 2.62. The van der Waals surface area contributed by atoms with Gasteiger partial charge in [-0.2, -0.15) is 0 Å². The zero-order valence-corrected chi connectivity index (χ0v) is 13.9. The maximum atomic E-state index is 14.2. The molecule has 0 amide bonds. The molecule has 3 aromatic rings. The van der Waals surface area contributed by atoms with Gasteiger partial charge in [0.15, 0.2) is 5.82 Å². The van der Waals surface area contributed by atoms with E-state index in [1.807, 2.05) is 60.7 Å². The molecule has 116 valence electrons. The molecule has 0 fully saturated rings. The van der Waals surface area contributed by atoms with Gasteiger partial charge in [0.05, 0.1) is 7.11 Å². The Morgan fingerprint density at radius 3 is 1.83 bits per heavy atom. The summed E-state index contributed by atoms with van der Waals surface area (Å²) in [5.41, 5.74) is 0. The van der Waals surface area contributed by atoms with Gasteiger partial charge in [-0.15, -0.1) is 0 Å². The quantitative estimate of drug-likeness (QED) is 0.672. The van der Waals surface area contributed by atoms with Gasteiger partial charge in [-0.1, -0.05) is 60.7 Å². The van der Waals surface area contributed by atoms with E-state index in [9.17, 15) is 4.39 Å². The molecule has 3 aromatic carbocycles. The second kappa shape index (κ2) is 7.11. The molecule has 23 heavy (non-hydrogen) atoms. The molecule has 0 radical (unpaired) electrons. The van der Waals surface area contributed by atoms with Crippen LogP contribution in [-0.4, -0.2) is 16.2 Å². The molecule has 0 aliphatic rings. The number of benzene rings is 3. The SMILES string of the molecule is COc1ccc(O[SiH](c2ccccc2)c2ccccc2)c(F)c1. The molecule has 0 aromatic heterocycles. The Labute approximate surface area is 136 Å². The molecule has 3 rings (SSSR count). The third kappa shape index (κ3) is 3.60. The topological polar surface area (TPSA) is 18.5 Å². The Hall–Kier alpha value is -2.59. The summed E-state index contributed by atoms with van der Waals surface area (Å²) < 4.78 is 25.4. The highest BCUT2D eigenvalue weighted by atomic mass is 28.3. The first-order chi connectivity index (χ1) is 11.3. The molecule has 0 saturated carbocycles. The first kappa shape index (κ1) is 15.3. The van der Waals surface area contributed by atoms with Crippen molar-refractivity contribution in [2.45, 2.75) is 0 Å². The highest BCUT2D eigenvalue weighted by molar-refractivity contribution is 6.80. The van der Waals surface area contributed by atoms with Gasteiger partial charge >= 0.3 is 0 Å². The molecule has 0 atom stereocenters.